The Morgan fingerprint density at radius 3 is 2.74 bits per heavy atom. The highest BCUT2D eigenvalue weighted by Gasteiger charge is 2.31. The van der Waals surface area contributed by atoms with E-state index in [-0.39, 0.29) is 30.2 Å². The van der Waals surface area contributed by atoms with Gasteiger partial charge in [0.2, 0.25) is 5.88 Å². The number of nitriles is 1. The Labute approximate surface area is 181 Å². The number of rotatable bonds is 4. The zero-order valence-corrected chi connectivity index (χ0v) is 18.1. The van der Waals surface area contributed by atoms with Crippen LogP contribution in [0.15, 0.2) is 30.6 Å². The van der Waals surface area contributed by atoms with E-state index in [2.05, 4.69) is 9.97 Å². The van der Waals surface area contributed by atoms with Crippen LogP contribution in [0.4, 0.5) is 15.0 Å². The lowest BCUT2D eigenvalue weighted by Gasteiger charge is -2.40. The first-order chi connectivity index (χ1) is 14.7. The molecule has 0 aliphatic carbocycles. The lowest BCUT2D eigenvalue weighted by molar-refractivity contribution is 0.0158. The van der Waals surface area contributed by atoms with Gasteiger partial charge in [0.1, 0.15) is 18.0 Å². The summed E-state index contributed by atoms with van der Waals surface area (Å²) in [5, 5.41) is 8.83. The molecule has 8 nitrogen and oxygen atoms in total. The molecule has 0 spiro atoms. The quantitative estimate of drug-likeness (QED) is 0.737. The smallest absolute Gasteiger partial charge is 0.410 e. The van der Waals surface area contributed by atoms with Crippen LogP contribution in [0.1, 0.15) is 38.8 Å². The summed E-state index contributed by atoms with van der Waals surface area (Å²) < 4.78 is 25.1. The fourth-order valence-electron chi connectivity index (χ4n) is 3.20. The summed E-state index contributed by atoms with van der Waals surface area (Å²) >= 11 is 0. The zero-order chi connectivity index (χ0) is 22.6. The first-order valence-electron chi connectivity index (χ1n) is 10.0. The van der Waals surface area contributed by atoms with Gasteiger partial charge in [0.25, 0.3) is 0 Å². The van der Waals surface area contributed by atoms with Gasteiger partial charge in [-0.25, -0.2) is 9.18 Å². The van der Waals surface area contributed by atoms with E-state index in [1.54, 1.807) is 11.1 Å². The Morgan fingerprint density at radius 2 is 2.10 bits per heavy atom. The first-order valence-corrected chi connectivity index (χ1v) is 10.0. The maximum Gasteiger partial charge on any atom is 0.410 e. The predicted molar refractivity (Wildman–Crippen MR) is 112 cm³/mol. The molecular formula is C22H26FN5O3. The molecule has 31 heavy (non-hydrogen) atoms. The van der Waals surface area contributed by atoms with Crippen LogP contribution < -0.4 is 9.64 Å². The van der Waals surface area contributed by atoms with E-state index in [1.165, 1.54) is 24.4 Å². The number of nitrogens with zero attached hydrogens (tertiary/aromatic N) is 5. The summed E-state index contributed by atoms with van der Waals surface area (Å²) in [4.78, 5) is 24.8. The van der Waals surface area contributed by atoms with Crippen LogP contribution >= 0.6 is 0 Å². The Balaban J connectivity index is 1.62. The maximum atomic E-state index is 14.0. The molecule has 1 aromatic carbocycles. The third kappa shape index (κ3) is 5.81. The molecule has 0 unspecified atom stereocenters. The van der Waals surface area contributed by atoms with Crippen molar-refractivity contribution in [2.45, 2.75) is 45.9 Å². The summed E-state index contributed by atoms with van der Waals surface area (Å²) in [6.45, 7) is 9.10. The van der Waals surface area contributed by atoms with Crippen LogP contribution in [0, 0.1) is 17.1 Å². The third-order valence-corrected chi connectivity index (χ3v) is 4.74. The SMILES string of the molecule is C[C@H]1CN(c2cncc(OCc3ccc(C#N)cc3F)n2)CCN1C(=O)OC(C)(C)C. The Morgan fingerprint density at radius 1 is 1.32 bits per heavy atom. The van der Waals surface area contributed by atoms with Gasteiger partial charge in [-0.1, -0.05) is 6.07 Å². The minimum absolute atomic E-state index is 0.0293. The van der Waals surface area contributed by atoms with Crippen molar-refractivity contribution in [1.82, 2.24) is 14.9 Å². The number of hydrogen-bond acceptors (Lipinski definition) is 7. The molecule has 9 heteroatoms. The number of carbonyl (C=O) groups is 1. The molecule has 0 saturated carbocycles. The van der Waals surface area contributed by atoms with E-state index in [1.807, 2.05) is 38.7 Å². The molecule has 1 aromatic heterocycles. The summed E-state index contributed by atoms with van der Waals surface area (Å²) in [7, 11) is 0. The summed E-state index contributed by atoms with van der Waals surface area (Å²) in [6, 6.07) is 6.06. The first kappa shape index (κ1) is 22.3. The molecule has 3 rings (SSSR count). The monoisotopic (exact) mass is 427 g/mol. The number of aromatic nitrogens is 2. The number of benzene rings is 1. The topological polar surface area (TPSA) is 91.6 Å². The Bertz CT molecular complexity index is 986. The molecule has 1 saturated heterocycles. The molecular weight excluding hydrogens is 401 g/mol. The average Bonchev–Trinajstić information content (AvgIpc) is 2.71. The number of carbonyl (C=O) groups excluding carboxylic acids is 1. The van der Waals surface area contributed by atoms with Crippen molar-refractivity contribution in [3.63, 3.8) is 0 Å². The predicted octanol–water partition coefficient (Wildman–Crippen LogP) is 3.51. The number of hydrogen-bond donors (Lipinski definition) is 0. The van der Waals surface area contributed by atoms with Gasteiger partial charge < -0.3 is 19.3 Å². The second-order valence-corrected chi connectivity index (χ2v) is 8.39. The number of piperazine rings is 1. The van der Waals surface area contributed by atoms with Crippen LogP contribution in [0.25, 0.3) is 0 Å². The normalized spacial score (nSPS) is 16.6. The van der Waals surface area contributed by atoms with Crippen LogP contribution in [0.5, 0.6) is 5.88 Å². The van der Waals surface area contributed by atoms with Crippen molar-refractivity contribution < 1.29 is 18.7 Å². The molecule has 1 amide bonds. The average molecular weight is 427 g/mol. The highest BCUT2D eigenvalue weighted by molar-refractivity contribution is 5.69. The molecule has 2 heterocycles. The van der Waals surface area contributed by atoms with Crippen LogP contribution in [0.2, 0.25) is 0 Å². The van der Waals surface area contributed by atoms with Gasteiger partial charge in [-0.2, -0.15) is 10.2 Å². The van der Waals surface area contributed by atoms with Crippen LogP contribution in [-0.2, 0) is 11.3 Å². The fourth-order valence-corrected chi connectivity index (χ4v) is 3.20. The largest absolute Gasteiger partial charge is 0.472 e. The third-order valence-electron chi connectivity index (χ3n) is 4.74. The van der Waals surface area contributed by atoms with Crippen LogP contribution in [0.3, 0.4) is 0 Å². The molecule has 0 bridgehead atoms. The summed E-state index contributed by atoms with van der Waals surface area (Å²) in [5.41, 5.74) is 0.0351. The molecule has 1 fully saturated rings. The maximum absolute atomic E-state index is 14.0. The minimum atomic E-state index is -0.542. The van der Waals surface area contributed by atoms with Gasteiger partial charge >= 0.3 is 6.09 Å². The number of halogens is 1. The van der Waals surface area contributed by atoms with Gasteiger partial charge in [0.15, 0.2) is 5.82 Å². The van der Waals surface area contributed by atoms with E-state index in [0.29, 0.717) is 31.0 Å². The molecule has 1 atom stereocenters. The van der Waals surface area contributed by atoms with E-state index in [0.717, 1.165) is 0 Å². The number of ether oxygens (including phenoxy) is 2. The van der Waals surface area contributed by atoms with Gasteiger partial charge in [-0.15, -0.1) is 0 Å². The standard InChI is InChI=1S/C22H26FN5O3/c1-15-13-27(7-8-28(15)21(29)31-22(2,3)4)19-11-25-12-20(26-19)30-14-17-6-5-16(10-24)9-18(17)23/h5-6,9,11-12,15H,7-8,13-14H2,1-4H3/t15-/m0/s1. The van der Waals surface area contributed by atoms with Gasteiger partial charge in [0, 0.05) is 31.2 Å². The molecule has 1 aliphatic heterocycles. The molecule has 0 radical (unpaired) electrons. The summed E-state index contributed by atoms with van der Waals surface area (Å²) in [6.07, 6.45) is 2.77. The zero-order valence-electron chi connectivity index (χ0n) is 18.1. The highest BCUT2D eigenvalue weighted by atomic mass is 19.1. The van der Waals surface area contributed by atoms with E-state index in [4.69, 9.17) is 14.7 Å². The lowest BCUT2D eigenvalue weighted by atomic mass is 10.1. The van der Waals surface area contributed by atoms with E-state index in [9.17, 15) is 9.18 Å². The fraction of sp³-hybridized carbons (Fsp3) is 0.455. The van der Waals surface area contributed by atoms with Crippen molar-refractivity contribution in [2.24, 2.45) is 0 Å². The lowest BCUT2D eigenvalue weighted by Crippen LogP contribution is -2.55. The van der Waals surface area contributed by atoms with Gasteiger partial charge in [-0.3, -0.25) is 4.98 Å². The number of amides is 1. The van der Waals surface area contributed by atoms with Crippen molar-refractivity contribution in [2.75, 3.05) is 24.5 Å². The summed E-state index contributed by atoms with van der Waals surface area (Å²) in [5.74, 6) is 0.382. The van der Waals surface area contributed by atoms with E-state index >= 15 is 0 Å². The molecule has 164 valence electrons. The molecule has 0 N–H and O–H groups in total. The van der Waals surface area contributed by atoms with Crippen molar-refractivity contribution >= 4 is 11.9 Å². The van der Waals surface area contributed by atoms with Crippen LogP contribution in [-0.4, -0.2) is 52.2 Å². The molecule has 1 aliphatic rings. The van der Waals surface area contributed by atoms with E-state index < -0.39 is 11.4 Å². The van der Waals surface area contributed by atoms with Gasteiger partial charge in [0.05, 0.1) is 24.0 Å². The van der Waals surface area contributed by atoms with Crippen molar-refractivity contribution in [3.8, 4) is 11.9 Å². The van der Waals surface area contributed by atoms with Gasteiger partial charge in [-0.05, 0) is 39.8 Å². The van der Waals surface area contributed by atoms with Crippen molar-refractivity contribution in [3.05, 3.63) is 47.5 Å². The van der Waals surface area contributed by atoms with Crippen molar-refractivity contribution in [1.29, 1.82) is 5.26 Å². The minimum Gasteiger partial charge on any atom is -0.472 e. The number of anilines is 1. The molecule has 2 aromatic rings. The Kier molecular flexibility index (Phi) is 6.59. The highest BCUT2D eigenvalue weighted by Crippen LogP contribution is 2.21. The second kappa shape index (κ2) is 9.16. The second-order valence-electron chi connectivity index (χ2n) is 8.39. The Hall–Kier alpha value is -3.41.